The van der Waals surface area contributed by atoms with Crippen LogP contribution in [0.2, 0.25) is 0 Å². The number of ether oxygens (including phenoxy) is 2. The second-order valence-electron chi connectivity index (χ2n) is 6.51. The molecule has 3 aromatic rings. The average molecular weight is 345 g/mol. The van der Waals surface area contributed by atoms with E-state index in [-0.39, 0.29) is 6.04 Å². The van der Waals surface area contributed by atoms with Crippen LogP contribution in [-0.4, -0.2) is 13.7 Å². The first-order valence-corrected chi connectivity index (χ1v) is 9.01. The first-order chi connectivity index (χ1) is 12.8. The molecule has 0 saturated heterocycles. The lowest BCUT2D eigenvalue weighted by molar-refractivity contribution is 0.300. The summed E-state index contributed by atoms with van der Waals surface area (Å²) in [5.74, 6) is 1.84. The van der Waals surface area contributed by atoms with Crippen molar-refractivity contribution in [2.75, 3.05) is 13.7 Å². The van der Waals surface area contributed by atoms with E-state index in [0.29, 0.717) is 6.61 Å². The van der Waals surface area contributed by atoms with Crippen LogP contribution in [0.3, 0.4) is 0 Å². The molecule has 0 saturated carbocycles. The number of hydrogen-bond acceptors (Lipinski definition) is 3. The number of methoxy groups -OCH3 is 1. The fraction of sp³-hybridized carbons (Fsp3) is 0.217. The monoisotopic (exact) mass is 345 g/mol. The first-order valence-electron chi connectivity index (χ1n) is 9.01. The average Bonchev–Trinajstić information content (AvgIpc) is 2.72. The third kappa shape index (κ3) is 3.44. The highest BCUT2D eigenvalue weighted by Crippen LogP contribution is 2.35. The molecular weight excluding hydrogens is 322 g/mol. The van der Waals surface area contributed by atoms with Gasteiger partial charge in [-0.25, -0.2) is 0 Å². The van der Waals surface area contributed by atoms with E-state index in [0.717, 1.165) is 24.5 Å². The second-order valence-corrected chi connectivity index (χ2v) is 6.51. The minimum absolute atomic E-state index is 0.136. The summed E-state index contributed by atoms with van der Waals surface area (Å²) in [5, 5.41) is 3.65. The van der Waals surface area contributed by atoms with Gasteiger partial charge in [0.05, 0.1) is 13.2 Å². The Balaban J connectivity index is 1.63. The van der Waals surface area contributed by atoms with E-state index in [1.54, 1.807) is 7.11 Å². The van der Waals surface area contributed by atoms with Gasteiger partial charge in [0, 0.05) is 12.1 Å². The number of rotatable bonds is 5. The fourth-order valence-corrected chi connectivity index (χ4v) is 3.53. The van der Waals surface area contributed by atoms with Gasteiger partial charge in [-0.15, -0.1) is 0 Å². The van der Waals surface area contributed by atoms with Crippen molar-refractivity contribution in [2.45, 2.75) is 19.1 Å². The van der Waals surface area contributed by atoms with E-state index in [9.17, 15) is 0 Å². The Hall–Kier alpha value is -2.78. The standard InChI is InChI=1S/C23H23NO2/c1-25-19-11-12-20-18(15-19)13-14-24-23(20)21-9-5-6-10-22(21)26-16-17-7-3-2-4-8-17/h2-12,15,23-24H,13-14,16H2,1H3. The maximum absolute atomic E-state index is 6.17. The topological polar surface area (TPSA) is 30.5 Å². The summed E-state index contributed by atoms with van der Waals surface area (Å²) in [5.41, 5.74) is 4.98. The molecule has 1 aliphatic rings. The van der Waals surface area contributed by atoms with Crippen molar-refractivity contribution in [1.82, 2.24) is 5.32 Å². The SMILES string of the molecule is COc1ccc2c(c1)CCNC2c1ccccc1OCc1ccccc1. The molecule has 3 heteroatoms. The lowest BCUT2D eigenvalue weighted by Gasteiger charge is -2.29. The highest BCUT2D eigenvalue weighted by molar-refractivity contribution is 5.47. The van der Waals surface area contributed by atoms with Crippen molar-refractivity contribution in [3.8, 4) is 11.5 Å². The smallest absolute Gasteiger partial charge is 0.124 e. The van der Waals surface area contributed by atoms with Crippen LogP contribution in [0.15, 0.2) is 72.8 Å². The highest BCUT2D eigenvalue weighted by Gasteiger charge is 2.24. The zero-order valence-corrected chi connectivity index (χ0v) is 14.9. The zero-order valence-electron chi connectivity index (χ0n) is 14.9. The minimum Gasteiger partial charge on any atom is -0.497 e. The fourth-order valence-electron chi connectivity index (χ4n) is 3.53. The normalized spacial score (nSPS) is 16.0. The second kappa shape index (κ2) is 7.63. The third-order valence-corrected chi connectivity index (χ3v) is 4.87. The maximum atomic E-state index is 6.17. The molecule has 1 atom stereocenters. The number of hydrogen-bond donors (Lipinski definition) is 1. The van der Waals surface area contributed by atoms with E-state index < -0.39 is 0 Å². The van der Waals surface area contributed by atoms with Crippen molar-refractivity contribution in [2.24, 2.45) is 0 Å². The molecule has 1 aliphatic heterocycles. The number of benzene rings is 3. The molecule has 132 valence electrons. The number of fused-ring (bicyclic) bond motifs is 1. The van der Waals surface area contributed by atoms with Crippen molar-refractivity contribution < 1.29 is 9.47 Å². The molecule has 1 heterocycles. The lowest BCUT2D eigenvalue weighted by atomic mass is 9.89. The Morgan fingerprint density at radius 3 is 2.58 bits per heavy atom. The molecule has 3 aromatic carbocycles. The van der Waals surface area contributed by atoms with E-state index in [1.165, 1.54) is 22.3 Å². The van der Waals surface area contributed by atoms with Crippen LogP contribution in [-0.2, 0) is 13.0 Å². The Bertz CT molecular complexity index is 876. The van der Waals surface area contributed by atoms with Gasteiger partial charge in [0.25, 0.3) is 0 Å². The van der Waals surface area contributed by atoms with Crippen LogP contribution in [0.1, 0.15) is 28.3 Å². The molecule has 0 spiro atoms. The minimum atomic E-state index is 0.136. The molecule has 1 N–H and O–H groups in total. The lowest BCUT2D eigenvalue weighted by Crippen LogP contribution is -2.30. The van der Waals surface area contributed by atoms with Crippen LogP contribution in [0.4, 0.5) is 0 Å². The molecule has 4 rings (SSSR count). The summed E-state index contributed by atoms with van der Waals surface area (Å²) in [4.78, 5) is 0. The van der Waals surface area contributed by atoms with E-state index >= 15 is 0 Å². The van der Waals surface area contributed by atoms with Crippen molar-refractivity contribution in [3.63, 3.8) is 0 Å². The van der Waals surface area contributed by atoms with Crippen LogP contribution in [0, 0.1) is 0 Å². The number of nitrogens with one attached hydrogen (secondary N) is 1. The largest absolute Gasteiger partial charge is 0.497 e. The van der Waals surface area contributed by atoms with Gasteiger partial charge in [-0.2, -0.15) is 0 Å². The number of para-hydroxylation sites is 1. The van der Waals surface area contributed by atoms with Crippen LogP contribution in [0.5, 0.6) is 11.5 Å². The molecule has 0 radical (unpaired) electrons. The van der Waals surface area contributed by atoms with E-state index in [4.69, 9.17) is 9.47 Å². The van der Waals surface area contributed by atoms with Gasteiger partial charge in [0.2, 0.25) is 0 Å². The maximum Gasteiger partial charge on any atom is 0.124 e. The van der Waals surface area contributed by atoms with Crippen molar-refractivity contribution in [3.05, 3.63) is 95.1 Å². The predicted octanol–water partition coefficient (Wildman–Crippen LogP) is 4.51. The van der Waals surface area contributed by atoms with E-state index in [1.807, 2.05) is 30.3 Å². The van der Waals surface area contributed by atoms with Gasteiger partial charge >= 0.3 is 0 Å². The zero-order chi connectivity index (χ0) is 17.8. The molecule has 0 fully saturated rings. The molecule has 0 amide bonds. The summed E-state index contributed by atoms with van der Waals surface area (Å²) in [6.07, 6.45) is 1.01. The van der Waals surface area contributed by atoms with Crippen LogP contribution in [0.25, 0.3) is 0 Å². The Morgan fingerprint density at radius 1 is 0.923 bits per heavy atom. The Morgan fingerprint density at radius 2 is 1.73 bits per heavy atom. The van der Waals surface area contributed by atoms with Gasteiger partial charge < -0.3 is 14.8 Å². The summed E-state index contributed by atoms with van der Waals surface area (Å²) in [6, 6.07) is 25.1. The Kier molecular flexibility index (Phi) is 4.89. The first kappa shape index (κ1) is 16.7. The highest BCUT2D eigenvalue weighted by atomic mass is 16.5. The molecule has 3 nitrogen and oxygen atoms in total. The van der Waals surface area contributed by atoms with Gasteiger partial charge in [0.15, 0.2) is 0 Å². The van der Waals surface area contributed by atoms with Gasteiger partial charge in [0.1, 0.15) is 18.1 Å². The molecular formula is C23H23NO2. The van der Waals surface area contributed by atoms with Crippen LogP contribution >= 0.6 is 0 Å². The molecule has 0 aliphatic carbocycles. The molecule has 26 heavy (non-hydrogen) atoms. The third-order valence-electron chi connectivity index (χ3n) is 4.87. The quantitative estimate of drug-likeness (QED) is 0.738. The Labute approximate surface area is 154 Å². The van der Waals surface area contributed by atoms with Gasteiger partial charge in [-0.05, 0) is 41.3 Å². The molecule has 0 aromatic heterocycles. The summed E-state index contributed by atoms with van der Waals surface area (Å²) < 4.78 is 11.6. The van der Waals surface area contributed by atoms with Crippen molar-refractivity contribution in [1.29, 1.82) is 0 Å². The summed E-state index contributed by atoms with van der Waals surface area (Å²) in [7, 11) is 1.72. The predicted molar refractivity (Wildman–Crippen MR) is 104 cm³/mol. The molecule has 0 bridgehead atoms. The molecule has 1 unspecified atom stereocenters. The van der Waals surface area contributed by atoms with E-state index in [2.05, 4.69) is 47.8 Å². The van der Waals surface area contributed by atoms with Gasteiger partial charge in [-0.1, -0.05) is 54.6 Å². The van der Waals surface area contributed by atoms with Gasteiger partial charge in [-0.3, -0.25) is 0 Å². The summed E-state index contributed by atoms with van der Waals surface area (Å²) >= 11 is 0. The van der Waals surface area contributed by atoms with Crippen LogP contribution < -0.4 is 14.8 Å². The summed E-state index contributed by atoms with van der Waals surface area (Å²) in [6.45, 7) is 1.51. The van der Waals surface area contributed by atoms with Crippen molar-refractivity contribution >= 4 is 0 Å².